The van der Waals surface area contributed by atoms with Crippen LogP contribution in [0.2, 0.25) is 0 Å². The Balaban J connectivity index is 1.56. The maximum atomic E-state index is 2.78. The summed E-state index contributed by atoms with van der Waals surface area (Å²) >= 11 is 0. The minimum absolute atomic E-state index is 0.641. The molecular weight excluding hydrogens is 208 g/mol. The first-order valence-corrected chi connectivity index (χ1v) is 7.46. The molecule has 3 fully saturated rings. The molecule has 0 amide bonds. The van der Waals surface area contributed by atoms with E-state index in [-0.39, 0.29) is 0 Å². The van der Waals surface area contributed by atoms with Crippen molar-refractivity contribution in [2.24, 2.45) is 17.3 Å². The number of hydrogen-bond donors (Lipinski definition) is 0. The van der Waals surface area contributed by atoms with Crippen LogP contribution in [0.1, 0.15) is 39.5 Å². The molecule has 3 rings (SSSR count). The standard InChI is InChI=1S/C15H28N2/c1-15(2)10-12-8-14(9-13(12)11-15)17-6-4-16(3)5-7-17/h12-14H,4-11H2,1-3H3. The topological polar surface area (TPSA) is 6.48 Å². The van der Waals surface area contributed by atoms with Crippen molar-refractivity contribution in [1.29, 1.82) is 0 Å². The highest BCUT2D eigenvalue weighted by Gasteiger charge is 2.46. The fourth-order valence-corrected chi connectivity index (χ4v) is 4.67. The maximum absolute atomic E-state index is 2.78. The van der Waals surface area contributed by atoms with Crippen LogP contribution in [0, 0.1) is 17.3 Å². The Morgan fingerprint density at radius 1 is 0.882 bits per heavy atom. The van der Waals surface area contributed by atoms with Gasteiger partial charge in [0.2, 0.25) is 0 Å². The smallest absolute Gasteiger partial charge is 0.0113 e. The van der Waals surface area contributed by atoms with E-state index in [1.807, 2.05) is 0 Å². The Morgan fingerprint density at radius 3 is 1.94 bits per heavy atom. The van der Waals surface area contributed by atoms with Crippen LogP contribution in [0.15, 0.2) is 0 Å². The van der Waals surface area contributed by atoms with E-state index < -0.39 is 0 Å². The highest BCUT2D eigenvalue weighted by molar-refractivity contribution is 4.98. The van der Waals surface area contributed by atoms with E-state index in [2.05, 4.69) is 30.7 Å². The quantitative estimate of drug-likeness (QED) is 0.690. The second kappa shape index (κ2) is 4.24. The monoisotopic (exact) mass is 236 g/mol. The molecule has 2 unspecified atom stereocenters. The highest BCUT2D eigenvalue weighted by Crippen LogP contribution is 2.53. The van der Waals surface area contributed by atoms with Gasteiger partial charge in [0, 0.05) is 32.2 Å². The van der Waals surface area contributed by atoms with E-state index >= 15 is 0 Å². The third-order valence-corrected chi connectivity index (χ3v) is 5.50. The van der Waals surface area contributed by atoms with Crippen molar-refractivity contribution in [2.45, 2.75) is 45.6 Å². The number of nitrogens with zero attached hydrogens (tertiary/aromatic N) is 2. The fraction of sp³-hybridized carbons (Fsp3) is 1.00. The van der Waals surface area contributed by atoms with Crippen LogP contribution < -0.4 is 0 Å². The average Bonchev–Trinajstić information content (AvgIpc) is 2.72. The zero-order valence-electron chi connectivity index (χ0n) is 11.8. The molecule has 0 aromatic carbocycles. The molecule has 1 heterocycles. The molecule has 0 N–H and O–H groups in total. The average molecular weight is 236 g/mol. The maximum Gasteiger partial charge on any atom is 0.0113 e. The zero-order valence-corrected chi connectivity index (χ0v) is 11.8. The lowest BCUT2D eigenvalue weighted by atomic mass is 9.88. The predicted molar refractivity (Wildman–Crippen MR) is 72.1 cm³/mol. The first-order chi connectivity index (χ1) is 8.03. The summed E-state index contributed by atoms with van der Waals surface area (Å²) in [5.41, 5.74) is 0.641. The first kappa shape index (κ1) is 12.0. The van der Waals surface area contributed by atoms with Gasteiger partial charge in [0.25, 0.3) is 0 Å². The van der Waals surface area contributed by atoms with E-state index in [1.54, 1.807) is 0 Å². The lowest BCUT2D eigenvalue weighted by Crippen LogP contribution is -2.48. The van der Waals surface area contributed by atoms with Gasteiger partial charge in [0.05, 0.1) is 0 Å². The highest BCUT2D eigenvalue weighted by atomic mass is 15.3. The van der Waals surface area contributed by atoms with Crippen molar-refractivity contribution in [3.8, 4) is 0 Å². The summed E-state index contributed by atoms with van der Waals surface area (Å²) in [5.74, 6) is 2.10. The largest absolute Gasteiger partial charge is 0.304 e. The minimum Gasteiger partial charge on any atom is -0.304 e. The van der Waals surface area contributed by atoms with Crippen LogP contribution >= 0.6 is 0 Å². The Morgan fingerprint density at radius 2 is 1.41 bits per heavy atom. The fourth-order valence-electron chi connectivity index (χ4n) is 4.67. The van der Waals surface area contributed by atoms with Crippen molar-refractivity contribution in [2.75, 3.05) is 33.2 Å². The summed E-state index contributed by atoms with van der Waals surface area (Å²) in [6, 6.07) is 0.926. The SMILES string of the molecule is CN1CCN(C2CC3CC(C)(C)CC3C2)CC1. The molecule has 0 radical (unpaired) electrons. The predicted octanol–water partition coefficient (Wildman–Crippen LogP) is 2.45. The van der Waals surface area contributed by atoms with E-state index in [9.17, 15) is 0 Å². The first-order valence-electron chi connectivity index (χ1n) is 7.46. The normalized spacial score (nSPS) is 42.9. The van der Waals surface area contributed by atoms with Crippen LogP contribution in [0.25, 0.3) is 0 Å². The van der Waals surface area contributed by atoms with Gasteiger partial charge < -0.3 is 4.90 Å². The van der Waals surface area contributed by atoms with Gasteiger partial charge in [0.1, 0.15) is 0 Å². The Bertz CT molecular complexity index is 263. The van der Waals surface area contributed by atoms with Crippen molar-refractivity contribution < 1.29 is 0 Å². The van der Waals surface area contributed by atoms with Gasteiger partial charge in [-0.1, -0.05) is 13.8 Å². The molecule has 1 aliphatic heterocycles. The van der Waals surface area contributed by atoms with Crippen LogP contribution in [0.5, 0.6) is 0 Å². The molecule has 2 heteroatoms. The van der Waals surface area contributed by atoms with Gasteiger partial charge in [-0.2, -0.15) is 0 Å². The molecule has 2 aliphatic carbocycles. The lowest BCUT2D eigenvalue weighted by Gasteiger charge is -2.37. The second-order valence-corrected chi connectivity index (χ2v) is 7.56. The molecule has 98 valence electrons. The number of fused-ring (bicyclic) bond motifs is 1. The second-order valence-electron chi connectivity index (χ2n) is 7.56. The Kier molecular flexibility index (Phi) is 2.99. The molecule has 0 aromatic heterocycles. The Hall–Kier alpha value is -0.0800. The van der Waals surface area contributed by atoms with Gasteiger partial charge in [-0.25, -0.2) is 0 Å². The summed E-state index contributed by atoms with van der Waals surface area (Å²) < 4.78 is 0. The summed E-state index contributed by atoms with van der Waals surface area (Å²) in [6.07, 6.45) is 5.97. The number of likely N-dealkylation sites (N-methyl/N-ethyl adjacent to an activating group) is 1. The van der Waals surface area contributed by atoms with Crippen LogP contribution in [0.3, 0.4) is 0 Å². The summed E-state index contributed by atoms with van der Waals surface area (Å²) in [7, 11) is 2.25. The van der Waals surface area contributed by atoms with E-state index in [4.69, 9.17) is 0 Å². The molecule has 0 spiro atoms. The van der Waals surface area contributed by atoms with Gasteiger partial charge in [-0.3, -0.25) is 4.90 Å². The van der Waals surface area contributed by atoms with Crippen molar-refractivity contribution >= 4 is 0 Å². The van der Waals surface area contributed by atoms with Crippen molar-refractivity contribution in [3.63, 3.8) is 0 Å². The zero-order chi connectivity index (χ0) is 12.0. The number of rotatable bonds is 1. The molecule has 0 aromatic rings. The van der Waals surface area contributed by atoms with Gasteiger partial charge >= 0.3 is 0 Å². The van der Waals surface area contributed by atoms with Crippen LogP contribution in [0.4, 0.5) is 0 Å². The summed E-state index contributed by atoms with van der Waals surface area (Å²) in [6.45, 7) is 10.1. The molecule has 2 saturated carbocycles. The number of hydrogen-bond acceptors (Lipinski definition) is 2. The van der Waals surface area contributed by atoms with Crippen molar-refractivity contribution in [1.82, 2.24) is 9.80 Å². The summed E-state index contributed by atoms with van der Waals surface area (Å²) in [4.78, 5) is 5.25. The summed E-state index contributed by atoms with van der Waals surface area (Å²) in [5, 5.41) is 0. The molecule has 1 saturated heterocycles. The molecular formula is C15H28N2. The van der Waals surface area contributed by atoms with E-state index in [0.29, 0.717) is 5.41 Å². The lowest BCUT2D eigenvalue weighted by molar-refractivity contribution is 0.107. The van der Waals surface area contributed by atoms with Crippen LogP contribution in [-0.2, 0) is 0 Å². The van der Waals surface area contributed by atoms with E-state index in [0.717, 1.165) is 17.9 Å². The molecule has 0 bridgehead atoms. The molecule has 3 aliphatic rings. The van der Waals surface area contributed by atoms with Crippen molar-refractivity contribution in [3.05, 3.63) is 0 Å². The van der Waals surface area contributed by atoms with E-state index in [1.165, 1.54) is 51.9 Å². The third-order valence-electron chi connectivity index (χ3n) is 5.50. The van der Waals surface area contributed by atoms with Gasteiger partial charge in [-0.05, 0) is 50.0 Å². The Labute approximate surface area is 106 Å². The molecule has 2 atom stereocenters. The van der Waals surface area contributed by atoms with Gasteiger partial charge in [0.15, 0.2) is 0 Å². The minimum atomic E-state index is 0.641. The third kappa shape index (κ3) is 2.39. The molecule has 17 heavy (non-hydrogen) atoms. The van der Waals surface area contributed by atoms with Gasteiger partial charge in [-0.15, -0.1) is 0 Å². The van der Waals surface area contributed by atoms with Crippen LogP contribution in [-0.4, -0.2) is 49.1 Å². The molecule has 2 nitrogen and oxygen atoms in total. The number of piperazine rings is 1.